The third-order valence-electron chi connectivity index (χ3n) is 5.55. The summed E-state index contributed by atoms with van der Waals surface area (Å²) in [5, 5.41) is 5.09. The summed E-state index contributed by atoms with van der Waals surface area (Å²) in [6.07, 6.45) is 7.23. The Morgan fingerprint density at radius 3 is 2.73 bits per heavy atom. The Bertz CT molecular complexity index is 985. The van der Waals surface area contributed by atoms with E-state index < -0.39 is 0 Å². The van der Waals surface area contributed by atoms with E-state index in [9.17, 15) is 9.59 Å². The van der Waals surface area contributed by atoms with Gasteiger partial charge >= 0.3 is 0 Å². The van der Waals surface area contributed by atoms with E-state index in [-0.39, 0.29) is 11.7 Å². The molecule has 0 bridgehead atoms. The Kier molecular flexibility index (Phi) is 6.74. The second-order valence-electron chi connectivity index (χ2n) is 7.68. The summed E-state index contributed by atoms with van der Waals surface area (Å²) in [4.78, 5) is 36.5. The summed E-state index contributed by atoms with van der Waals surface area (Å²) < 4.78 is 2.19. The molecule has 8 heteroatoms. The minimum absolute atomic E-state index is 0.138. The second-order valence-corrected chi connectivity index (χ2v) is 9.69. The monoisotopic (exact) mass is 442 g/mol. The van der Waals surface area contributed by atoms with Gasteiger partial charge in [0.15, 0.2) is 5.78 Å². The van der Waals surface area contributed by atoms with Crippen LogP contribution in [0.15, 0.2) is 35.3 Å². The molecule has 0 aromatic carbocycles. The topological polar surface area (TPSA) is 68.1 Å². The highest BCUT2D eigenvalue weighted by molar-refractivity contribution is 7.12. The van der Waals surface area contributed by atoms with Crippen LogP contribution >= 0.6 is 22.7 Å². The minimum atomic E-state index is 0.138. The van der Waals surface area contributed by atoms with Crippen LogP contribution < -0.4 is 0 Å². The number of carbonyl (C=O) groups excluding carboxylic acids is 2. The van der Waals surface area contributed by atoms with E-state index in [4.69, 9.17) is 0 Å². The number of hydrogen-bond donors (Lipinski definition) is 0. The Morgan fingerprint density at radius 2 is 2.03 bits per heavy atom. The van der Waals surface area contributed by atoms with Crippen LogP contribution in [0, 0.1) is 6.92 Å². The van der Waals surface area contributed by atoms with Gasteiger partial charge in [0, 0.05) is 49.6 Å². The van der Waals surface area contributed by atoms with Gasteiger partial charge in [-0.15, -0.1) is 22.7 Å². The largest absolute Gasteiger partial charge is 0.343 e. The van der Waals surface area contributed by atoms with Crippen LogP contribution in [0.4, 0.5) is 0 Å². The summed E-state index contributed by atoms with van der Waals surface area (Å²) in [6.45, 7) is 4.28. The van der Waals surface area contributed by atoms with Crippen molar-refractivity contribution in [2.45, 2.75) is 51.5 Å². The lowest BCUT2D eigenvalue weighted by molar-refractivity contribution is -0.132. The van der Waals surface area contributed by atoms with Crippen LogP contribution in [0.25, 0.3) is 0 Å². The van der Waals surface area contributed by atoms with Gasteiger partial charge in [-0.2, -0.15) is 0 Å². The molecular formula is C22H26N4O2S2. The van der Waals surface area contributed by atoms with E-state index in [2.05, 4.69) is 19.9 Å². The fraction of sp³-hybridized carbons (Fsp3) is 0.455. The SMILES string of the molecule is Cc1nc(Cn2ccnc2C2CCN(C(=O)CCCC(=O)c3cccs3)CC2)cs1. The molecule has 1 amide bonds. The molecule has 1 saturated heterocycles. The molecule has 3 aromatic heterocycles. The number of piperidine rings is 1. The number of amides is 1. The van der Waals surface area contributed by atoms with Crippen molar-refractivity contribution in [3.8, 4) is 0 Å². The predicted molar refractivity (Wildman–Crippen MR) is 119 cm³/mol. The zero-order chi connectivity index (χ0) is 20.9. The van der Waals surface area contributed by atoms with Crippen molar-refractivity contribution in [1.82, 2.24) is 19.4 Å². The third kappa shape index (κ3) is 5.05. The number of nitrogens with zero attached hydrogens (tertiary/aromatic N) is 4. The molecule has 1 aliphatic heterocycles. The molecule has 6 nitrogen and oxygen atoms in total. The van der Waals surface area contributed by atoms with Gasteiger partial charge in [-0.05, 0) is 37.6 Å². The number of rotatable bonds is 8. The van der Waals surface area contributed by atoms with Crippen molar-refractivity contribution in [3.05, 3.63) is 56.7 Å². The molecule has 0 saturated carbocycles. The van der Waals surface area contributed by atoms with E-state index in [1.807, 2.05) is 41.7 Å². The number of aromatic nitrogens is 3. The van der Waals surface area contributed by atoms with Crippen LogP contribution in [-0.4, -0.2) is 44.2 Å². The molecule has 1 aliphatic rings. The summed E-state index contributed by atoms with van der Waals surface area (Å²) >= 11 is 3.13. The van der Waals surface area contributed by atoms with Crippen LogP contribution in [0.2, 0.25) is 0 Å². The standard InChI is InChI=1S/C22H26N4O2S2/c1-16-24-18(15-30-16)14-26-12-9-23-22(26)17-7-10-25(11-8-17)21(28)6-2-4-19(27)20-5-3-13-29-20/h3,5,9,12-13,15,17H,2,4,6-8,10-11,14H2,1H3. The number of aryl methyl sites for hydroxylation is 1. The molecule has 0 aliphatic carbocycles. The molecule has 0 atom stereocenters. The fourth-order valence-electron chi connectivity index (χ4n) is 3.98. The summed E-state index contributed by atoms with van der Waals surface area (Å²) in [5.41, 5.74) is 1.07. The van der Waals surface area contributed by atoms with Gasteiger partial charge in [-0.1, -0.05) is 6.07 Å². The van der Waals surface area contributed by atoms with Crippen molar-refractivity contribution in [2.75, 3.05) is 13.1 Å². The van der Waals surface area contributed by atoms with Crippen molar-refractivity contribution < 1.29 is 9.59 Å². The molecule has 4 rings (SSSR count). The summed E-state index contributed by atoms with van der Waals surface area (Å²) in [6, 6.07) is 3.73. The first-order chi connectivity index (χ1) is 14.6. The lowest BCUT2D eigenvalue weighted by Crippen LogP contribution is -2.38. The maximum atomic E-state index is 12.6. The second kappa shape index (κ2) is 9.66. The Balaban J connectivity index is 1.24. The van der Waals surface area contributed by atoms with Gasteiger partial charge in [0.25, 0.3) is 0 Å². The summed E-state index contributed by atoms with van der Waals surface area (Å²) in [7, 11) is 0. The average Bonchev–Trinajstić information content (AvgIpc) is 3.51. The number of ketones is 1. The maximum Gasteiger partial charge on any atom is 0.222 e. The molecule has 0 radical (unpaired) electrons. The minimum Gasteiger partial charge on any atom is -0.343 e. The van der Waals surface area contributed by atoms with Gasteiger partial charge < -0.3 is 9.47 Å². The van der Waals surface area contributed by atoms with Gasteiger partial charge in [-0.25, -0.2) is 9.97 Å². The highest BCUT2D eigenvalue weighted by Crippen LogP contribution is 2.28. The van der Waals surface area contributed by atoms with E-state index in [1.54, 1.807) is 11.3 Å². The van der Waals surface area contributed by atoms with Crippen molar-refractivity contribution in [1.29, 1.82) is 0 Å². The normalized spacial score (nSPS) is 14.9. The number of hydrogen-bond acceptors (Lipinski definition) is 6. The van der Waals surface area contributed by atoms with Gasteiger partial charge in [0.05, 0.1) is 22.1 Å². The van der Waals surface area contributed by atoms with Crippen molar-refractivity contribution >= 4 is 34.4 Å². The molecule has 158 valence electrons. The Labute approximate surface area is 184 Å². The highest BCUT2D eigenvalue weighted by atomic mass is 32.1. The van der Waals surface area contributed by atoms with Gasteiger partial charge in [0.2, 0.25) is 5.91 Å². The van der Waals surface area contributed by atoms with Crippen LogP contribution in [0.5, 0.6) is 0 Å². The molecule has 0 unspecified atom stereocenters. The van der Waals surface area contributed by atoms with E-state index in [1.165, 1.54) is 11.3 Å². The highest BCUT2D eigenvalue weighted by Gasteiger charge is 2.26. The first-order valence-electron chi connectivity index (χ1n) is 10.4. The molecule has 30 heavy (non-hydrogen) atoms. The lowest BCUT2D eigenvalue weighted by Gasteiger charge is -2.32. The first-order valence-corrected chi connectivity index (χ1v) is 12.1. The molecular weight excluding hydrogens is 416 g/mol. The van der Waals surface area contributed by atoms with Gasteiger partial charge in [0.1, 0.15) is 5.82 Å². The Hall–Kier alpha value is -2.32. The number of carbonyl (C=O) groups is 2. The average molecular weight is 443 g/mol. The lowest BCUT2D eigenvalue weighted by atomic mass is 9.95. The number of thiazole rings is 1. The van der Waals surface area contributed by atoms with Crippen molar-refractivity contribution in [2.24, 2.45) is 0 Å². The van der Waals surface area contributed by atoms with Crippen LogP contribution in [-0.2, 0) is 11.3 Å². The number of likely N-dealkylation sites (tertiary alicyclic amines) is 1. The molecule has 4 heterocycles. The Morgan fingerprint density at radius 1 is 1.20 bits per heavy atom. The number of imidazole rings is 1. The van der Waals surface area contributed by atoms with Gasteiger partial charge in [-0.3, -0.25) is 9.59 Å². The number of thiophene rings is 1. The fourth-order valence-corrected chi connectivity index (χ4v) is 5.27. The summed E-state index contributed by atoms with van der Waals surface area (Å²) in [5.74, 6) is 1.76. The van der Waals surface area contributed by atoms with E-state index in [0.29, 0.717) is 25.2 Å². The molecule has 3 aromatic rings. The van der Waals surface area contributed by atoms with E-state index >= 15 is 0 Å². The van der Waals surface area contributed by atoms with Crippen LogP contribution in [0.1, 0.15) is 64.2 Å². The van der Waals surface area contributed by atoms with Crippen LogP contribution in [0.3, 0.4) is 0 Å². The zero-order valence-corrected chi connectivity index (χ0v) is 18.8. The third-order valence-corrected chi connectivity index (χ3v) is 7.28. The quantitative estimate of drug-likeness (QED) is 0.481. The van der Waals surface area contributed by atoms with Crippen molar-refractivity contribution in [3.63, 3.8) is 0 Å². The van der Waals surface area contributed by atoms with E-state index in [0.717, 1.165) is 53.9 Å². The predicted octanol–water partition coefficient (Wildman–Crippen LogP) is 4.52. The first kappa shape index (κ1) is 20.9. The molecule has 1 fully saturated rings. The smallest absolute Gasteiger partial charge is 0.222 e. The molecule has 0 spiro atoms. The number of Topliss-reactive ketones (excluding diaryl/α,β-unsaturated/α-hetero) is 1. The molecule has 0 N–H and O–H groups in total. The zero-order valence-electron chi connectivity index (χ0n) is 17.1. The maximum absolute atomic E-state index is 12.6.